The average molecular weight is 347 g/mol. The van der Waals surface area contributed by atoms with Gasteiger partial charge in [-0.1, -0.05) is 19.1 Å². The summed E-state index contributed by atoms with van der Waals surface area (Å²) in [7, 11) is 1.37. The van der Waals surface area contributed by atoms with Crippen LogP contribution < -0.4 is 5.32 Å². The Morgan fingerprint density at radius 1 is 1.29 bits per heavy atom. The van der Waals surface area contributed by atoms with Crippen molar-refractivity contribution in [2.45, 2.75) is 19.1 Å². The van der Waals surface area contributed by atoms with Crippen LogP contribution in [0.4, 0.5) is 5.69 Å². The Hall–Kier alpha value is -2.28. The van der Waals surface area contributed by atoms with Gasteiger partial charge in [0.05, 0.1) is 36.5 Å². The van der Waals surface area contributed by atoms with Crippen LogP contribution in [0.5, 0.6) is 0 Å². The molecule has 2 atom stereocenters. The number of rotatable bonds is 7. The van der Waals surface area contributed by atoms with Gasteiger partial charge in [-0.2, -0.15) is 0 Å². The van der Waals surface area contributed by atoms with Gasteiger partial charge in [-0.05, 0) is 24.6 Å². The first-order valence-corrected chi connectivity index (χ1v) is 8.65. The van der Waals surface area contributed by atoms with Crippen LogP contribution in [0.1, 0.15) is 13.8 Å². The van der Waals surface area contributed by atoms with Crippen LogP contribution in [-0.2, 0) is 14.3 Å². The number of amides is 1. The van der Waals surface area contributed by atoms with Gasteiger partial charge in [0.1, 0.15) is 0 Å². The Labute approximate surface area is 145 Å². The number of hydrogen-bond donors (Lipinski definition) is 2. The zero-order valence-electron chi connectivity index (χ0n) is 13.9. The topological polar surface area (TPSA) is 84.1 Å². The van der Waals surface area contributed by atoms with E-state index >= 15 is 0 Å². The lowest BCUT2D eigenvalue weighted by atomic mass is 10.1. The third-order valence-corrected chi connectivity index (χ3v) is 4.94. The van der Waals surface area contributed by atoms with Gasteiger partial charge in [0.2, 0.25) is 5.91 Å². The third-order valence-electron chi connectivity index (χ3n) is 3.53. The molecule has 1 aromatic carbocycles. The fourth-order valence-electron chi connectivity index (χ4n) is 2.02. The number of imidazole rings is 1. The molecule has 0 aliphatic carbocycles. The smallest absolute Gasteiger partial charge is 0.309 e. The van der Waals surface area contributed by atoms with Crippen molar-refractivity contribution < 1.29 is 14.3 Å². The molecule has 0 saturated heterocycles. The zero-order chi connectivity index (χ0) is 17.5. The van der Waals surface area contributed by atoms with Crippen molar-refractivity contribution in [1.82, 2.24) is 9.97 Å². The van der Waals surface area contributed by atoms with Crippen molar-refractivity contribution in [2.75, 3.05) is 18.2 Å². The minimum atomic E-state index is -0.260. The highest BCUT2D eigenvalue weighted by atomic mass is 32.2. The predicted molar refractivity (Wildman–Crippen MR) is 95.8 cm³/mol. The van der Waals surface area contributed by atoms with E-state index in [4.69, 9.17) is 0 Å². The number of thioether (sulfide) groups is 1. The quantitative estimate of drug-likeness (QED) is 0.752. The van der Waals surface area contributed by atoms with Crippen molar-refractivity contribution in [2.24, 2.45) is 5.92 Å². The molecule has 1 aromatic heterocycles. The Balaban J connectivity index is 1.86. The first-order valence-electron chi connectivity index (χ1n) is 7.60. The fraction of sp³-hybridized carbons (Fsp3) is 0.353. The van der Waals surface area contributed by atoms with Crippen molar-refractivity contribution >= 4 is 29.3 Å². The molecule has 0 aliphatic heterocycles. The Kier molecular flexibility index (Phi) is 6.43. The lowest BCUT2D eigenvalue weighted by Crippen LogP contribution is -2.24. The summed E-state index contributed by atoms with van der Waals surface area (Å²) in [5, 5.41) is 2.62. The summed E-state index contributed by atoms with van der Waals surface area (Å²) >= 11 is 1.43. The van der Waals surface area contributed by atoms with Crippen LogP contribution in [0.2, 0.25) is 0 Å². The monoisotopic (exact) mass is 347 g/mol. The SMILES string of the molecule is COC(=O)[C@H](C)CS[C@@H](C)C(=O)Nc1ccc(-c2cnc[nH]2)cc1. The lowest BCUT2D eigenvalue weighted by molar-refractivity contribution is -0.144. The maximum Gasteiger partial charge on any atom is 0.309 e. The number of H-pyrrole nitrogens is 1. The molecule has 1 heterocycles. The molecule has 2 N–H and O–H groups in total. The van der Waals surface area contributed by atoms with Gasteiger partial charge in [-0.3, -0.25) is 9.59 Å². The van der Waals surface area contributed by atoms with Crippen molar-refractivity contribution in [3.8, 4) is 11.3 Å². The molecule has 0 saturated carbocycles. The van der Waals surface area contributed by atoms with E-state index in [1.54, 1.807) is 19.4 Å². The zero-order valence-corrected chi connectivity index (χ0v) is 14.7. The number of anilines is 1. The number of benzene rings is 1. The van der Waals surface area contributed by atoms with Crippen LogP contribution in [-0.4, -0.2) is 40.0 Å². The lowest BCUT2D eigenvalue weighted by Gasteiger charge is -2.14. The van der Waals surface area contributed by atoms with E-state index in [0.29, 0.717) is 5.75 Å². The number of aromatic nitrogens is 2. The van der Waals surface area contributed by atoms with Gasteiger partial charge in [-0.25, -0.2) is 4.98 Å². The molecule has 24 heavy (non-hydrogen) atoms. The second kappa shape index (κ2) is 8.54. The second-order valence-corrected chi connectivity index (χ2v) is 6.81. The van der Waals surface area contributed by atoms with Crippen LogP contribution in [0.3, 0.4) is 0 Å². The van der Waals surface area contributed by atoms with E-state index in [-0.39, 0.29) is 23.0 Å². The Morgan fingerprint density at radius 3 is 2.58 bits per heavy atom. The summed E-state index contributed by atoms with van der Waals surface area (Å²) in [6.07, 6.45) is 3.37. The van der Waals surface area contributed by atoms with Crippen molar-refractivity contribution in [3.05, 3.63) is 36.8 Å². The van der Waals surface area contributed by atoms with Gasteiger partial charge in [0, 0.05) is 11.4 Å². The largest absolute Gasteiger partial charge is 0.469 e. The van der Waals surface area contributed by atoms with E-state index in [1.807, 2.05) is 31.2 Å². The normalized spacial score (nSPS) is 13.1. The summed E-state index contributed by atoms with van der Waals surface area (Å²) in [5.74, 6) is -0.0418. The Bertz CT molecular complexity index is 671. The van der Waals surface area contributed by atoms with Crippen molar-refractivity contribution in [3.63, 3.8) is 0 Å². The van der Waals surface area contributed by atoms with Crippen LogP contribution >= 0.6 is 11.8 Å². The van der Waals surface area contributed by atoms with E-state index in [2.05, 4.69) is 20.0 Å². The molecular formula is C17H21N3O3S. The first kappa shape index (κ1) is 18.1. The molecule has 0 aliphatic rings. The number of carbonyl (C=O) groups is 2. The maximum absolute atomic E-state index is 12.2. The minimum absolute atomic E-state index is 0.0913. The number of carbonyl (C=O) groups excluding carboxylic acids is 2. The van der Waals surface area contributed by atoms with Gasteiger partial charge >= 0.3 is 5.97 Å². The number of aromatic amines is 1. The molecular weight excluding hydrogens is 326 g/mol. The van der Waals surface area contributed by atoms with E-state index in [1.165, 1.54) is 18.9 Å². The second-order valence-electron chi connectivity index (χ2n) is 5.43. The molecule has 0 unspecified atom stereocenters. The molecule has 0 fully saturated rings. The van der Waals surface area contributed by atoms with Crippen LogP contribution in [0, 0.1) is 5.92 Å². The third kappa shape index (κ3) is 4.86. The van der Waals surface area contributed by atoms with E-state index in [9.17, 15) is 9.59 Å². The number of nitrogens with zero attached hydrogens (tertiary/aromatic N) is 1. The van der Waals surface area contributed by atoms with Gasteiger partial charge < -0.3 is 15.0 Å². The molecule has 0 bridgehead atoms. The summed E-state index contributed by atoms with van der Waals surface area (Å²) in [6.45, 7) is 3.61. The van der Waals surface area contributed by atoms with Crippen molar-refractivity contribution in [1.29, 1.82) is 0 Å². The van der Waals surface area contributed by atoms with Crippen LogP contribution in [0.25, 0.3) is 11.3 Å². The Morgan fingerprint density at radius 2 is 2.00 bits per heavy atom. The number of ether oxygens (including phenoxy) is 1. The highest BCUT2D eigenvalue weighted by Crippen LogP contribution is 2.21. The predicted octanol–water partition coefficient (Wildman–Crippen LogP) is 2.95. The number of methoxy groups -OCH3 is 1. The molecule has 2 aromatic rings. The number of nitrogens with one attached hydrogen (secondary N) is 2. The summed E-state index contributed by atoms with van der Waals surface area (Å²) in [4.78, 5) is 30.6. The van der Waals surface area contributed by atoms with Gasteiger partial charge in [0.15, 0.2) is 0 Å². The fourth-order valence-corrected chi connectivity index (χ4v) is 2.95. The summed E-state index contributed by atoms with van der Waals surface area (Å²) in [6, 6.07) is 7.53. The van der Waals surface area contributed by atoms with Gasteiger partial charge in [0.25, 0.3) is 0 Å². The first-order chi connectivity index (χ1) is 11.5. The molecule has 128 valence electrons. The molecule has 7 heteroatoms. The standard InChI is InChI=1S/C17H21N3O3S/c1-11(17(22)23-3)9-24-12(2)16(21)20-14-6-4-13(5-7-14)15-8-18-10-19-15/h4-8,10-12H,9H2,1-3H3,(H,18,19)(H,20,21)/t11-,12+/m1/s1. The van der Waals surface area contributed by atoms with E-state index in [0.717, 1.165) is 16.9 Å². The number of hydrogen-bond acceptors (Lipinski definition) is 5. The summed E-state index contributed by atoms with van der Waals surface area (Å²) < 4.78 is 4.68. The molecule has 0 spiro atoms. The molecule has 6 nitrogen and oxygen atoms in total. The van der Waals surface area contributed by atoms with Crippen LogP contribution in [0.15, 0.2) is 36.8 Å². The minimum Gasteiger partial charge on any atom is -0.469 e. The number of esters is 1. The average Bonchev–Trinajstić information content (AvgIpc) is 3.13. The molecule has 2 rings (SSSR count). The van der Waals surface area contributed by atoms with E-state index < -0.39 is 0 Å². The summed E-state index contributed by atoms with van der Waals surface area (Å²) in [5.41, 5.74) is 2.66. The highest BCUT2D eigenvalue weighted by molar-refractivity contribution is 8.00. The highest BCUT2D eigenvalue weighted by Gasteiger charge is 2.19. The van der Waals surface area contributed by atoms with Gasteiger partial charge in [-0.15, -0.1) is 11.8 Å². The molecule has 1 amide bonds. The molecule has 0 radical (unpaired) electrons. The maximum atomic E-state index is 12.2.